The van der Waals surface area contributed by atoms with E-state index >= 15 is 0 Å². The maximum Gasteiger partial charge on any atom is 0.248 e. The molecular formula is C17H22FN3O2. The van der Waals surface area contributed by atoms with Gasteiger partial charge in [-0.15, -0.1) is 0 Å². The van der Waals surface area contributed by atoms with Crippen molar-refractivity contribution in [2.75, 3.05) is 20.3 Å². The summed E-state index contributed by atoms with van der Waals surface area (Å²) in [6.07, 6.45) is 3.67. The summed E-state index contributed by atoms with van der Waals surface area (Å²) in [5.41, 5.74) is 2.50. The van der Waals surface area contributed by atoms with Crippen LogP contribution in [0.5, 0.6) is 0 Å². The number of ether oxygens (including phenoxy) is 1. The molecule has 2 aromatic rings. The summed E-state index contributed by atoms with van der Waals surface area (Å²) >= 11 is 0. The van der Waals surface area contributed by atoms with Gasteiger partial charge in [-0.2, -0.15) is 5.10 Å². The van der Waals surface area contributed by atoms with Crippen LogP contribution in [0.4, 0.5) is 4.39 Å². The number of carbonyl (C=O) groups excluding carboxylic acids is 1. The molecule has 6 heteroatoms. The zero-order valence-electron chi connectivity index (χ0n) is 13.5. The van der Waals surface area contributed by atoms with Crippen LogP contribution in [-0.2, 0) is 16.1 Å². The fourth-order valence-electron chi connectivity index (χ4n) is 2.16. The van der Waals surface area contributed by atoms with E-state index in [0.717, 1.165) is 29.7 Å². The van der Waals surface area contributed by atoms with E-state index in [1.54, 1.807) is 30.3 Å². The number of H-pyrrole nitrogens is 1. The molecule has 0 aliphatic carbocycles. The first-order valence-corrected chi connectivity index (χ1v) is 7.71. The number of nitrogens with zero attached hydrogens (tertiary/aromatic N) is 2. The van der Waals surface area contributed by atoms with Gasteiger partial charge in [0.2, 0.25) is 5.91 Å². The summed E-state index contributed by atoms with van der Waals surface area (Å²) in [7, 11) is 1.73. The number of amides is 1. The molecule has 0 fully saturated rings. The van der Waals surface area contributed by atoms with Gasteiger partial charge in [0.05, 0.1) is 11.9 Å². The molecule has 0 saturated heterocycles. The Morgan fingerprint density at radius 3 is 2.78 bits per heavy atom. The van der Waals surface area contributed by atoms with Gasteiger partial charge in [0.15, 0.2) is 0 Å². The number of aromatic amines is 1. The third kappa shape index (κ3) is 4.89. The van der Waals surface area contributed by atoms with E-state index in [0.29, 0.717) is 13.2 Å². The third-order valence-electron chi connectivity index (χ3n) is 3.55. The summed E-state index contributed by atoms with van der Waals surface area (Å²) in [6.45, 7) is 3.18. The summed E-state index contributed by atoms with van der Waals surface area (Å²) in [6, 6.07) is 6.16. The zero-order chi connectivity index (χ0) is 16.7. The van der Waals surface area contributed by atoms with Gasteiger partial charge in [-0.1, -0.05) is 13.3 Å². The Morgan fingerprint density at radius 2 is 2.09 bits per heavy atom. The van der Waals surface area contributed by atoms with Crippen molar-refractivity contribution in [3.63, 3.8) is 0 Å². The molecule has 0 unspecified atom stereocenters. The Labute approximate surface area is 135 Å². The van der Waals surface area contributed by atoms with Crippen molar-refractivity contribution < 1.29 is 13.9 Å². The van der Waals surface area contributed by atoms with Gasteiger partial charge in [-0.25, -0.2) is 4.39 Å². The first-order valence-electron chi connectivity index (χ1n) is 7.71. The molecule has 2 rings (SSSR count). The Balaban J connectivity index is 1.96. The van der Waals surface area contributed by atoms with Crippen LogP contribution < -0.4 is 0 Å². The smallest absolute Gasteiger partial charge is 0.248 e. The third-order valence-corrected chi connectivity index (χ3v) is 3.55. The first kappa shape index (κ1) is 17.1. The molecule has 0 spiro atoms. The molecule has 1 amide bonds. The van der Waals surface area contributed by atoms with E-state index in [2.05, 4.69) is 17.1 Å². The van der Waals surface area contributed by atoms with Crippen molar-refractivity contribution in [1.29, 1.82) is 0 Å². The molecule has 1 aromatic heterocycles. The Morgan fingerprint density at radius 1 is 1.35 bits per heavy atom. The molecule has 0 radical (unpaired) electrons. The average molecular weight is 319 g/mol. The minimum atomic E-state index is -0.286. The lowest BCUT2D eigenvalue weighted by atomic mass is 10.1. The van der Waals surface area contributed by atoms with Crippen molar-refractivity contribution >= 4 is 5.91 Å². The Hall–Kier alpha value is -2.21. The zero-order valence-corrected chi connectivity index (χ0v) is 13.5. The van der Waals surface area contributed by atoms with E-state index < -0.39 is 0 Å². The topological polar surface area (TPSA) is 58.2 Å². The van der Waals surface area contributed by atoms with Crippen LogP contribution in [0, 0.1) is 5.82 Å². The van der Waals surface area contributed by atoms with E-state index in [9.17, 15) is 9.18 Å². The molecule has 0 bridgehead atoms. The molecule has 124 valence electrons. The SMILES string of the molecule is CCCCOCC(=O)N(C)Cc1cn[nH]c1-c1ccc(F)cc1. The second-order valence-electron chi connectivity index (χ2n) is 5.43. The van der Waals surface area contributed by atoms with Gasteiger partial charge < -0.3 is 9.64 Å². The second-order valence-corrected chi connectivity index (χ2v) is 5.43. The maximum atomic E-state index is 13.0. The average Bonchev–Trinajstić information content (AvgIpc) is 3.00. The quantitative estimate of drug-likeness (QED) is 0.761. The maximum absolute atomic E-state index is 13.0. The van der Waals surface area contributed by atoms with Gasteiger partial charge in [0.1, 0.15) is 12.4 Å². The summed E-state index contributed by atoms with van der Waals surface area (Å²) in [5, 5.41) is 6.94. The number of benzene rings is 1. The van der Waals surface area contributed by atoms with Gasteiger partial charge in [0.25, 0.3) is 0 Å². The van der Waals surface area contributed by atoms with Gasteiger partial charge >= 0.3 is 0 Å². The van der Waals surface area contributed by atoms with E-state index in [1.165, 1.54) is 12.1 Å². The normalized spacial score (nSPS) is 10.7. The monoisotopic (exact) mass is 319 g/mol. The highest BCUT2D eigenvalue weighted by atomic mass is 19.1. The number of hydrogen-bond donors (Lipinski definition) is 1. The van der Waals surface area contributed by atoms with Crippen LogP contribution in [0.15, 0.2) is 30.5 Å². The fraction of sp³-hybridized carbons (Fsp3) is 0.412. The second kappa shape index (κ2) is 8.43. The van der Waals surface area contributed by atoms with Crippen molar-refractivity contribution in [2.45, 2.75) is 26.3 Å². The highest BCUT2D eigenvalue weighted by Gasteiger charge is 2.14. The minimum absolute atomic E-state index is 0.0765. The summed E-state index contributed by atoms with van der Waals surface area (Å²) in [5.74, 6) is -0.362. The first-order chi connectivity index (χ1) is 11.1. The van der Waals surface area contributed by atoms with Crippen LogP contribution in [0.2, 0.25) is 0 Å². The predicted molar refractivity (Wildman–Crippen MR) is 86.2 cm³/mol. The molecule has 1 aromatic carbocycles. The lowest BCUT2D eigenvalue weighted by Crippen LogP contribution is -2.30. The van der Waals surface area contributed by atoms with Crippen LogP contribution in [0.25, 0.3) is 11.3 Å². The van der Waals surface area contributed by atoms with Crippen LogP contribution in [0.3, 0.4) is 0 Å². The lowest BCUT2D eigenvalue weighted by Gasteiger charge is -2.17. The van der Waals surface area contributed by atoms with Crippen molar-refractivity contribution in [3.8, 4) is 11.3 Å². The molecule has 0 aliphatic rings. The molecule has 0 aliphatic heterocycles. The van der Waals surface area contributed by atoms with E-state index in [-0.39, 0.29) is 18.3 Å². The number of likely N-dealkylation sites (N-methyl/N-ethyl adjacent to an activating group) is 1. The van der Waals surface area contributed by atoms with E-state index in [1.807, 2.05) is 0 Å². The molecule has 0 saturated carbocycles. The fourth-order valence-corrected chi connectivity index (χ4v) is 2.16. The predicted octanol–water partition coefficient (Wildman–Crippen LogP) is 2.99. The minimum Gasteiger partial charge on any atom is -0.372 e. The number of unbranched alkanes of at least 4 members (excludes halogenated alkanes) is 1. The lowest BCUT2D eigenvalue weighted by molar-refractivity contribution is -0.135. The Bertz CT molecular complexity index is 625. The van der Waals surface area contributed by atoms with Gasteiger partial charge in [0, 0.05) is 31.3 Å². The number of carbonyl (C=O) groups is 1. The van der Waals surface area contributed by atoms with Crippen LogP contribution >= 0.6 is 0 Å². The molecule has 0 atom stereocenters. The van der Waals surface area contributed by atoms with Crippen LogP contribution in [0.1, 0.15) is 25.3 Å². The summed E-state index contributed by atoms with van der Waals surface area (Å²) in [4.78, 5) is 13.6. The molecule has 5 nitrogen and oxygen atoms in total. The number of rotatable bonds is 8. The van der Waals surface area contributed by atoms with Crippen LogP contribution in [-0.4, -0.2) is 41.3 Å². The number of nitrogens with one attached hydrogen (secondary N) is 1. The largest absolute Gasteiger partial charge is 0.372 e. The van der Waals surface area contributed by atoms with Crippen molar-refractivity contribution in [1.82, 2.24) is 15.1 Å². The molecule has 1 heterocycles. The molecular weight excluding hydrogens is 297 g/mol. The van der Waals surface area contributed by atoms with Crippen molar-refractivity contribution in [3.05, 3.63) is 41.8 Å². The number of halogens is 1. The van der Waals surface area contributed by atoms with E-state index in [4.69, 9.17) is 4.74 Å². The van der Waals surface area contributed by atoms with Crippen molar-refractivity contribution in [2.24, 2.45) is 0 Å². The highest BCUT2D eigenvalue weighted by Crippen LogP contribution is 2.22. The number of hydrogen-bond acceptors (Lipinski definition) is 3. The summed E-state index contributed by atoms with van der Waals surface area (Å²) < 4.78 is 18.4. The highest BCUT2D eigenvalue weighted by molar-refractivity contribution is 5.77. The van der Waals surface area contributed by atoms with Gasteiger partial charge in [-0.05, 0) is 30.7 Å². The Kier molecular flexibility index (Phi) is 6.29. The molecule has 1 N–H and O–H groups in total. The molecule has 23 heavy (non-hydrogen) atoms. The standard InChI is InChI=1S/C17H22FN3O2/c1-3-4-9-23-12-16(22)21(2)11-14-10-19-20-17(14)13-5-7-15(18)8-6-13/h5-8,10H,3-4,9,11-12H2,1-2H3,(H,19,20). The van der Waals surface area contributed by atoms with Gasteiger partial charge in [-0.3, -0.25) is 9.89 Å². The number of aromatic nitrogens is 2.